The molecular weight excluding hydrogens is 416 g/mol. The largest absolute Gasteiger partial charge is 0.376 e. The molecule has 3 aromatic heterocycles. The SMILES string of the molecule is Cc1c(C(=O)NCC2CCCO2)sc2ncnc(NCc3cc4ccccc4s3)c12. The molecule has 0 radical (unpaired) electrons. The molecule has 6 nitrogen and oxygen atoms in total. The minimum Gasteiger partial charge on any atom is -0.376 e. The molecule has 1 aliphatic heterocycles. The number of nitrogens with one attached hydrogen (secondary N) is 2. The molecule has 30 heavy (non-hydrogen) atoms. The molecule has 1 aliphatic rings. The molecule has 2 N–H and O–H groups in total. The standard InChI is InChI=1S/C22H22N4O2S2/c1-13-18-20(23-11-16-9-14-5-2-3-7-17(14)29-16)25-12-26-22(18)30-19(13)21(27)24-10-15-6-4-8-28-15/h2-3,5,7,9,12,15H,4,6,8,10-11H2,1H3,(H,24,27)(H,23,25,26). The van der Waals surface area contributed by atoms with Gasteiger partial charge in [-0.3, -0.25) is 4.79 Å². The molecule has 1 saturated heterocycles. The van der Waals surface area contributed by atoms with Crippen LogP contribution in [0, 0.1) is 6.92 Å². The maximum Gasteiger partial charge on any atom is 0.261 e. The lowest BCUT2D eigenvalue weighted by Crippen LogP contribution is -2.31. The summed E-state index contributed by atoms with van der Waals surface area (Å²) in [5.41, 5.74) is 0.916. The highest BCUT2D eigenvalue weighted by Crippen LogP contribution is 2.34. The Labute approximate surface area is 182 Å². The van der Waals surface area contributed by atoms with Gasteiger partial charge in [0.2, 0.25) is 0 Å². The van der Waals surface area contributed by atoms with Gasteiger partial charge < -0.3 is 15.4 Å². The van der Waals surface area contributed by atoms with Crippen molar-refractivity contribution in [1.29, 1.82) is 0 Å². The van der Waals surface area contributed by atoms with Crippen LogP contribution in [0.15, 0.2) is 36.7 Å². The van der Waals surface area contributed by atoms with Crippen LogP contribution in [0.1, 0.15) is 33.0 Å². The number of hydrogen-bond acceptors (Lipinski definition) is 7. The van der Waals surface area contributed by atoms with E-state index >= 15 is 0 Å². The van der Waals surface area contributed by atoms with E-state index in [2.05, 4.69) is 50.9 Å². The number of anilines is 1. The molecule has 0 spiro atoms. The van der Waals surface area contributed by atoms with E-state index in [1.807, 2.05) is 6.92 Å². The summed E-state index contributed by atoms with van der Waals surface area (Å²) in [6, 6.07) is 10.6. The highest BCUT2D eigenvalue weighted by Gasteiger charge is 2.21. The van der Waals surface area contributed by atoms with Crippen molar-refractivity contribution in [3.8, 4) is 0 Å². The Kier molecular flexibility index (Phi) is 5.37. The fraction of sp³-hybridized carbons (Fsp3) is 0.318. The van der Waals surface area contributed by atoms with Gasteiger partial charge in [0.25, 0.3) is 5.91 Å². The lowest BCUT2D eigenvalue weighted by atomic mass is 10.2. The van der Waals surface area contributed by atoms with E-state index in [4.69, 9.17) is 4.74 Å². The van der Waals surface area contributed by atoms with Gasteiger partial charge in [0, 0.05) is 22.7 Å². The zero-order valence-electron chi connectivity index (χ0n) is 16.6. The average molecular weight is 439 g/mol. The second kappa shape index (κ2) is 8.29. The maximum atomic E-state index is 12.8. The van der Waals surface area contributed by atoms with Gasteiger partial charge in [-0.05, 0) is 42.8 Å². The highest BCUT2D eigenvalue weighted by molar-refractivity contribution is 7.20. The van der Waals surface area contributed by atoms with Crippen molar-refractivity contribution in [2.45, 2.75) is 32.4 Å². The number of aryl methyl sites for hydroxylation is 1. The number of nitrogens with zero attached hydrogens (tertiary/aromatic N) is 2. The second-order valence-electron chi connectivity index (χ2n) is 7.41. The number of carbonyl (C=O) groups excluding carboxylic acids is 1. The summed E-state index contributed by atoms with van der Waals surface area (Å²) in [6.07, 6.45) is 3.75. The number of carbonyl (C=O) groups is 1. The van der Waals surface area contributed by atoms with E-state index in [9.17, 15) is 4.79 Å². The first-order chi connectivity index (χ1) is 14.7. The molecule has 5 rings (SSSR count). The molecule has 4 heterocycles. The number of fused-ring (bicyclic) bond motifs is 2. The third-order valence-electron chi connectivity index (χ3n) is 5.35. The first-order valence-electron chi connectivity index (χ1n) is 10.0. The Hall–Kier alpha value is -2.55. The van der Waals surface area contributed by atoms with E-state index in [1.165, 1.54) is 26.3 Å². The Morgan fingerprint density at radius 3 is 3.00 bits per heavy atom. The normalized spacial score (nSPS) is 16.4. The van der Waals surface area contributed by atoms with E-state index < -0.39 is 0 Å². The van der Waals surface area contributed by atoms with E-state index in [-0.39, 0.29) is 12.0 Å². The van der Waals surface area contributed by atoms with Crippen LogP contribution in [0.5, 0.6) is 0 Å². The van der Waals surface area contributed by atoms with Gasteiger partial charge in [-0.2, -0.15) is 0 Å². The Morgan fingerprint density at radius 1 is 1.27 bits per heavy atom. The molecule has 0 aliphatic carbocycles. The fourth-order valence-electron chi connectivity index (χ4n) is 3.81. The number of thiophene rings is 2. The van der Waals surface area contributed by atoms with Gasteiger partial charge in [0.15, 0.2) is 0 Å². The molecule has 4 aromatic rings. The minimum atomic E-state index is -0.0681. The number of rotatable bonds is 6. The van der Waals surface area contributed by atoms with E-state index in [1.54, 1.807) is 17.7 Å². The lowest BCUT2D eigenvalue weighted by Gasteiger charge is -2.10. The quantitative estimate of drug-likeness (QED) is 0.455. The van der Waals surface area contributed by atoms with Crippen molar-refractivity contribution in [3.63, 3.8) is 0 Å². The average Bonchev–Trinajstić information content (AvgIpc) is 3.49. The van der Waals surface area contributed by atoms with Gasteiger partial charge in [-0.1, -0.05) is 18.2 Å². The molecule has 1 amide bonds. The molecule has 8 heteroatoms. The summed E-state index contributed by atoms with van der Waals surface area (Å²) in [7, 11) is 0. The third-order valence-corrected chi connectivity index (χ3v) is 7.67. The predicted molar refractivity (Wildman–Crippen MR) is 123 cm³/mol. The molecular formula is C22H22N4O2S2. The van der Waals surface area contributed by atoms with Crippen molar-refractivity contribution < 1.29 is 9.53 Å². The Morgan fingerprint density at radius 2 is 2.17 bits per heavy atom. The van der Waals surface area contributed by atoms with Crippen LogP contribution in [0.2, 0.25) is 0 Å². The van der Waals surface area contributed by atoms with Gasteiger partial charge in [0.05, 0.1) is 22.9 Å². The van der Waals surface area contributed by atoms with Crippen molar-refractivity contribution in [2.24, 2.45) is 0 Å². The topological polar surface area (TPSA) is 76.1 Å². The number of amides is 1. The summed E-state index contributed by atoms with van der Waals surface area (Å²) >= 11 is 3.19. The molecule has 154 valence electrons. The Balaban J connectivity index is 1.35. The number of ether oxygens (including phenoxy) is 1. The summed E-state index contributed by atoms with van der Waals surface area (Å²) in [5.74, 6) is 0.700. The summed E-state index contributed by atoms with van der Waals surface area (Å²) in [6.45, 7) is 3.98. The summed E-state index contributed by atoms with van der Waals surface area (Å²) < 4.78 is 6.88. The number of aromatic nitrogens is 2. The molecule has 1 aromatic carbocycles. The van der Waals surface area contributed by atoms with Crippen LogP contribution >= 0.6 is 22.7 Å². The highest BCUT2D eigenvalue weighted by atomic mass is 32.1. The fourth-order valence-corrected chi connectivity index (χ4v) is 5.88. The van der Waals surface area contributed by atoms with Crippen molar-refractivity contribution in [1.82, 2.24) is 15.3 Å². The lowest BCUT2D eigenvalue weighted by molar-refractivity contribution is 0.0860. The van der Waals surface area contributed by atoms with Crippen LogP contribution in [0.25, 0.3) is 20.3 Å². The van der Waals surface area contributed by atoms with Crippen molar-refractivity contribution in [3.05, 3.63) is 52.0 Å². The zero-order valence-corrected chi connectivity index (χ0v) is 18.2. The first kappa shape index (κ1) is 19.4. The maximum absolute atomic E-state index is 12.8. The van der Waals surface area contributed by atoms with Crippen LogP contribution < -0.4 is 10.6 Å². The zero-order chi connectivity index (χ0) is 20.5. The summed E-state index contributed by atoms with van der Waals surface area (Å²) in [5, 5.41) is 8.64. The molecule has 1 fully saturated rings. The smallest absolute Gasteiger partial charge is 0.261 e. The van der Waals surface area contributed by atoms with Crippen molar-refractivity contribution >= 4 is 54.7 Å². The Bertz CT molecular complexity index is 1180. The monoisotopic (exact) mass is 438 g/mol. The van der Waals surface area contributed by atoms with Gasteiger partial charge in [-0.15, -0.1) is 22.7 Å². The van der Waals surface area contributed by atoms with Crippen LogP contribution in [0.3, 0.4) is 0 Å². The van der Waals surface area contributed by atoms with Crippen LogP contribution in [-0.4, -0.2) is 35.1 Å². The van der Waals surface area contributed by atoms with Crippen LogP contribution in [-0.2, 0) is 11.3 Å². The number of benzene rings is 1. The predicted octanol–water partition coefficient (Wildman–Crippen LogP) is 4.74. The molecule has 1 unspecified atom stereocenters. The second-order valence-corrected chi connectivity index (χ2v) is 9.58. The summed E-state index contributed by atoms with van der Waals surface area (Å²) in [4.78, 5) is 24.4. The van der Waals surface area contributed by atoms with Gasteiger partial charge in [0.1, 0.15) is 17.0 Å². The molecule has 0 saturated carbocycles. The van der Waals surface area contributed by atoms with Crippen LogP contribution in [0.4, 0.5) is 5.82 Å². The van der Waals surface area contributed by atoms with Crippen molar-refractivity contribution in [2.75, 3.05) is 18.5 Å². The van der Waals surface area contributed by atoms with Gasteiger partial charge >= 0.3 is 0 Å². The van der Waals surface area contributed by atoms with E-state index in [0.717, 1.165) is 41.0 Å². The van der Waals surface area contributed by atoms with Gasteiger partial charge in [-0.25, -0.2) is 9.97 Å². The third kappa shape index (κ3) is 3.78. The minimum absolute atomic E-state index is 0.0681. The number of hydrogen-bond donors (Lipinski definition) is 2. The van der Waals surface area contributed by atoms with E-state index in [0.29, 0.717) is 18.0 Å². The molecule has 1 atom stereocenters. The molecule has 0 bridgehead atoms. The first-order valence-corrected chi connectivity index (χ1v) is 11.7.